The van der Waals surface area contributed by atoms with Crippen LogP contribution in [0.3, 0.4) is 0 Å². The van der Waals surface area contributed by atoms with Gasteiger partial charge in [0.25, 0.3) is 0 Å². The molecule has 6 heteroatoms. The van der Waals surface area contributed by atoms with Gasteiger partial charge in [0, 0.05) is 34.9 Å². The van der Waals surface area contributed by atoms with Gasteiger partial charge in [-0.3, -0.25) is 0 Å². The first-order valence-electron chi connectivity index (χ1n) is 13.8. The number of hydrogen-bond donors (Lipinski definition) is 3. The molecule has 0 aromatic carbocycles. The minimum absolute atomic E-state index is 0. The second kappa shape index (κ2) is 39.8. The van der Waals surface area contributed by atoms with Gasteiger partial charge in [-0.05, 0) is 26.7 Å². The molecule has 0 aliphatic carbocycles. The molecule has 0 radical (unpaired) electrons. The largest absolute Gasteiger partial charge is 0.512 e. The van der Waals surface area contributed by atoms with Crippen LogP contribution in [0.15, 0.2) is 11.8 Å². The fraction of sp³-hybridized carbons (Fsp3) is 0.893. The van der Waals surface area contributed by atoms with Crippen molar-refractivity contribution in [3.05, 3.63) is 11.8 Å². The summed E-state index contributed by atoms with van der Waals surface area (Å²) in [5.74, 6) is -0.536. The van der Waals surface area contributed by atoms with Gasteiger partial charge in [-0.15, -0.1) is 0 Å². The average Bonchev–Trinajstić information content (AvgIpc) is 2.78. The summed E-state index contributed by atoms with van der Waals surface area (Å²) >= 11 is 0. The summed E-state index contributed by atoms with van der Waals surface area (Å²) in [6.07, 6.45) is 24.7. The van der Waals surface area contributed by atoms with Crippen LogP contribution >= 0.6 is 0 Å². The molecule has 0 aromatic rings. The number of ether oxygens (including phenoxy) is 1. The molecule has 0 aromatic heterocycles. The fourth-order valence-electron chi connectivity index (χ4n) is 3.20. The van der Waals surface area contributed by atoms with E-state index in [1.54, 1.807) is 6.92 Å². The van der Waals surface area contributed by atoms with Crippen LogP contribution in [0.5, 0.6) is 0 Å². The predicted octanol–water partition coefficient (Wildman–Crippen LogP) is 8.03. The number of aliphatic hydroxyl groups is 3. The summed E-state index contributed by atoms with van der Waals surface area (Å²) in [4.78, 5) is 10.4. The van der Waals surface area contributed by atoms with E-state index in [1.807, 2.05) is 0 Å². The van der Waals surface area contributed by atoms with Crippen LogP contribution in [0.1, 0.15) is 143 Å². The van der Waals surface area contributed by atoms with Crippen LogP contribution < -0.4 is 0 Å². The van der Waals surface area contributed by atoms with Gasteiger partial charge in [0.15, 0.2) is 0 Å². The standard InChI is InChI=1S/2C11H24O.C6H10O3.Ti/c2*1-2-3-4-5-6-7-8-9-10-11-12;1-3-9-6(8)4-5(2)7;/h2*12H,2-11H2,1H3;4,7H,3H2,1-2H3;. The van der Waals surface area contributed by atoms with Crippen LogP contribution in [0.25, 0.3) is 0 Å². The minimum atomic E-state index is -0.502. The average molecular weight is 523 g/mol. The fourth-order valence-corrected chi connectivity index (χ4v) is 3.20. The zero-order chi connectivity index (χ0) is 25.4. The molecule has 0 rings (SSSR count). The van der Waals surface area contributed by atoms with Gasteiger partial charge in [-0.2, -0.15) is 0 Å². The maximum atomic E-state index is 10.4. The van der Waals surface area contributed by atoms with Crippen LogP contribution in [-0.4, -0.2) is 41.1 Å². The number of esters is 1. The summed E-state index contributed by atoms with van der Waals surface area (Å²) in [7, 11) is 0. The van der Waals surface area contributed by atoms with E-state index in [9.17, 15) is 4.79 Å². The number of aliphatic hydroxyl groups excluding tert-OH is 3. The maximum Gasteiger partial charge on any atom is 0.334 e. The molecule has 0 aliphatic heterocycles. The van der Waals surface area contributed by atoms with E-state index >= 15 is 0 Å². The van der Waals surface area contributed by atoms with Crippen molar-refractivity contribution in [2.45, 2.75) is 143 Å². The molecule has 0 unspecified atom stereocenters. The van der Waals surface area contributed by atoms with Crippen molar-refractivity contribution in [3.8, 4) is 0 Å². The monoisotopic (exact) mass is 522 g/mol. The number of unbranched alkanes of at least 4 members (excludes halogenated alkanes) is 16. The van der Waals surface area contributed by atoms with Crippen molar-refractivity contribution >= 4 is 5.97 Å². The van der Waals surface area contributed by atoms with Crippen LogP contribution in [0.4, 0.5) is 0 Å². The topological polar surface area (TPSA) is 87.0 Å². The third-order valence-corrected chi connectivity index (χ3v) is 5.14. The van der Waals surface area contributed by atoms with Gasteiger partial charge in [0.05, 0.1) is 18.4 Å². The molecule has 34 heavy (non-hydrogen) atoms. The second-order valence-corrected chi connectivity index (χ2v) is 8.64. The second-order valence-electron chi connectivity index (χ2n) is 8.64. The Morgan fingerprint density at radius 2 is 0.912 bits per heavy atom. The Morgan fingerprint density at radius 3 is 1.15 bits per heavy atom. The van der Waals surface area contributed by atoms with E-state index < -0.39 is 5.97 Å². The smallest absolute Gasteiger partial charge is 0.334 e. The first-order chi connectivity index (χ1) is 16.0. The summed E-state index contributed by atoms with van der Waals surface area (Å²) in [5, 5.41) is 25.6. The molecule has 0 spiro atoms. The molecule has 0 bridgehead atoms. The van der Waals surface area contributed by atoms with Crippen molar-refractivity contribution in [1.29, 1.82) is 0 Å². The Bertz CT molecular complexity index is 345. The first kappa shape index (κ1) is 40.8. The van der Waals surface area contributed by atoms with Crippen molar-refractivity contribution in [2.75, 3.05) is 19.8 Å². The third-order valence-electron chi connectivity index (χ3n) is 5.14. The van der Waals surface area contributed by atoms with Gasteiger partial charge in [-0.1, -0.05) is 117 Å². The molecule has 5 nitrogen and oxygen atoms in total. The van der Waals surface area contributed by atoms with Gasteiger partial charge in [0.2, 0.25) is 0 Å². The summed E-state index contributed by atoms with van der Waals surface area (Å²) < 4.78 is 4.48. The van der Waals surface area contributed by atoms with Crippen molar-refractivity contribution in [2.24, 2.45) is 0 Å². The number of allylic oxidation sites excluding steroid dienone is 1. The van der Waals surface area contributed by atoms with E-state index in [4.69, 9.17) is 15.3 Å². The summed E-state index contributed by atoms with van der Waals surface area (Å²) in [5.41, 5.74) is 0. The molecular weight excluding hydrogens is 464 g/mol. The molecule has 0 saturated heterocycles. The zero-order valence-electron chi connectivity index (χ0n) is 23.1. The van der Waals surface area contributed by atoms with Gasteiger partial charge in [0.1, 0.15) is 0 Å². The van der Waals surface area contributed by atoms with Crippen LogP contribution in [-0.2, 0) is 31.2 Å². The predicted molar refractivity (Wildman–Crippen MR) is 142 cm³/mol. The Labute approximate surface area is 227 Å². The van der Waals surface area contributed by atoms with Crippen LogP contribution in [0.2, 0.25) is 0 Å². The summed E-state index contributed by atoms with van der Waals surface area (Å²) in [6, 6.07) is 0. The number of carbonyl (C=O) groups is 1. The minimum Gasteiger partial charge on any atom is -0.512 e. The summed E-state index contributed by atoms with van der Waals surface area (Å²) in [6.45, 7) is 8.70. The normalized spacial score (nSPS) is 10.4. The van der Waals surface area contributed by atoms with E-state index in [0.29, 0.717) is 19.8 Å². The van der Waals surface area contributed by atoms with E-state index in [1.165, 1.54) is 110 Å². The van der Waals surface area contributed by atoms with E-state index in [-0.39, 0.29) is 27.5 Å². The SMILES string of the molecule is CCCCCCCCCCCO.CCCCCCCCCCCO.CCOC(=O)C=C(C)O.[Ti]. The molecule has 0 heterocycles. The zero-order valence-corrected chi connectivity index (χ0v) is 24.6. The van der Waals surface area contributed by atoms with Crippen molar-refractivity contribution in [1.82, 2.24) is 0 Å². The Morgan fingerprint density at radius 1 is 0.618 bits per heavy atom. The Hall–Kier alpha value is -0.356. The molecule has 0 fully saturated rings. The molecule has 0 atom stereocenters. The van der Waals surface area contributed by atoms with Crippen molar-refractivity contribution in [3.63, 3.8) is 0 Å². The Balaban J connectivity index is -0.000000198. The Kier molecular flexibility index (Phi) is 47.8. The van der Waals surface area contributed by atoms with Crippen molar-refractivity contribution < 1.29 is 46.6 Å². The number of rotatable bonds is 20. The molecule has 0 saturated carbocycles. The molecular formula is C28H58O5Ti. The number of carbonyl (C=O) groups excluding carboxylic acids is 1. The van der Waals surface area contributed by atoms with E-state index in [2.05, 4.69) is 18.6 Å². The number of hydrogen-bond acceptors (Lipinski definition) is 5. The molecule has 204 valence electrons. The van der Waals surface area contributed by atoms with E-state index in [0.717, 1.165) is 18.9 Å². The quantitative estimate of drug-likeness (QED) is 0.0495. The van der Waals surface area contributed by atoms with Gasteiger partial charge < -0.3 is 20.1 Å². The van der Waals surface area contributed by atoms with Gasteiger partial charge >= 0.3 is 5.97 Å². The van der Waals surface area contributed by atoms with Crippen LogP contribution in [0, 0.1) is 0 Å². The molecule has 3 N–H and O–H groups in total. The third kappa shape index (κ3) is 48.9. The maximum absolute atomic E-state index is 10.4. The molecule has 0 amide bonds. The van der Waals surface area contributed by atoms with Gasteiger partial charge in [-0.25, -0.2) is 4.79 Å². The first-order valence-corrected chi connectivity index (χ1v) is 13.8. The molecule has 0 aliphatic rings.